The van der Waals surface area contributed by atoms with Crippen molar-refractivity contribution in [2.24, 2.45) is 0 Å². The van der Waals surface area contributed by atoms with Gasteiger partial charge in [-0.3, -0.25) is 9.69 Å². The molecule has 0 N–H and O–H groups in total. The third kappa shape index (κ3) is 7.10. The molecular formula is C23H29NO3S. The van der Waals surface area contributed by atoms with E-state index in [9.17, 15) is 4.79 Å². The maximum absolute atomic E-state index is 12.4. The minimum absolute atomic E-state index is 0.215. The number of hydrogen-bond acceptors (Lipinski definition) is 5. The van der Waals surface area contributed by atoms with E-state index < -0.39 is 10.3 Å². The van der Waals surface area contributed by atoms with Gasteiger partial charge in [0.1, 0.15) is 16.1 Å². The number of rotatable bonds is 8. The van der Waals surface area contributed by atoms with Gasteiger partial charge in [-0.15, -0.1) is 18.2 Å². The van der Waals surface area contributed by atoms with E-state index in [-0.39, 0.29) is 5.97 Å². The molecule has 0 atom stereocenters. The molecular weight excluding hydrogens is 370 g/mol. The van der Waals surface area contributed by atoms with Crippen LogP contribution in [-0.2, 0) is 22.6 Å². The highest BCUT2D eigenvalue weighted by Crippen LogP contribution is 2.34. The molecule has 0 fully saturated rings. The maximum atomic E-state index is 12.4. The van der Waals surface area contributed by atoms with Crippen LogP contribution in [0.4, 0.5) is 0 Å². The van der Waals surface area contributed by atoms with Gasteiger partial charge in [-0.1, -0.05) is 18.1 Å². The number of benzene rings is 1. The highest BCUT2D eigenvalue weighted by molar-refractivity contribution is 8.01. The Hall–Kier alpha value is -2.16. The molecule has 0 bridgehead atoms. The number of esters is 1. The molecule has 150 valence electrons. The molecule has 0 amide bonds. The molecule has 0 saturated heterocycles. The van der Waals surface area contributed by atoms with Crippen LogP contribution >= 0.6 is 11.8 Å². The summed E-state index contributed by atoms with van der Waals surface area (Å²) in [5.74, 6) is 3.38. The van der Waals surface area contributed by atoms with Gasteiger partial charge in [0.2, 0.25) is 0 Å². The Kier molecular flexibility index (Phi) is 7.40. The number of nitrogens with zero attached hydrogens (tertiary/aromatic N) is 1. The predicted octanol–water partition coefficient (Wildman–Crippen LogP) is 5.13. The maximum Gasteiger partial charge on any atom is 0.322 e. The third-order valence-corrected chi connectivity index (χ3v) is 5.05. The van der Waals surface area contributed by atoms with E-state index in [1.807, 2.05) is 58.9 Å². The number of thioether (sulfide) groups is 1. The van der Waals surface area contributed by atoms with Gasteiger partial charge >= 0.3 is 5.97 Å². The molecule has 5 heteroatoms. The quantitative estimate of drug-likeness (QED) is 0.350. The van der Waals surface area contributed by atoms with Crippen molar-refractivity contribution in [1.82, 2.24) is 4.90 Å². The fraction of sp³-hybridized carbons (Fsp3) is 0.435. The molecule has 4 nitrogen and oxygen atoms in total. The van der Waals surface area contributed by atoms with Crippen LogP contribution in [0.2, 0.25) is 0 Å². The number of terminal acetylenes is 1. The van der Waals surface area contributed by atoms with E-state index in [1.54, 1.807) is 6.26 Å². The first-order chi connectivity index (χ1) is 13.1. The molecule has 0 aliphatic rings. The van der Waals surface area contributed by atoms with E-state index in [2.05, 4.69) is 23.0 Å². The van der Waals surface area contributed by atoms with Crippen LogP contribution in [0.5, 0.6) is 0 Å². The number of furan rings is 1. The van der Waals surface area contributed by atoms with Crippen LogP contribution in [0.3, 0.4) is 0 Å². The fourth-order valence-electron chi connectivity index (χ4n) is 2.58. The van der Waals surface area contributed by atoms with Crippen molar-refractivity contribution in [3.63, 3.8) is 0 Å². The van der Waals surface area contributed by atoms with Crippen molar-refractivity contribution >= 4 is 17.7 Å². The van der Waals surface area contributed by atoms with Crippen molar-refractivity contribution in [3.05, 3.63) is 54.0 Å². The second-order valence-corrected chi connectivity index (χ2v) is 9.88. The smallest absolute Gasteiger partial charge is 0.322 e. The SMILES string of the molecule is C#CCN(Cc1ccc(SC(C)(C)C(=O)OC(C)(C)C)cc1)Cc1ccco1. The molecule has 1 aromatic carbocycles. The zero-order valence-corrected chi connectivity index (χ0v) is 18.1. The second kappa shape index (κ2) is 9.36. The molecule has 0 spiro atoms. The van der Waals surface area contributed by atoms with Gasteiger partial charge in [0.15, 0.2) is 0 Å². The molecule has 2 aromatic rings. The Morgan fingerprint density at radius 1 is 1.14 bits per heavy atom. The topological polar surface area (TPSA) is 42.7 Å². The number of ether oxygens (including phenoxy) is 1. The highest BCUT2D eigenvalue weighted by Gasteiger charge is 2.33. The van der Waals surface area contributed by atoms with Crippen molar-refractivity contribution in [3.8, 4) is 12.3 Å². The molecule has 1 aromatic heterocycles. The normalized spacial score (nSPS) is 12.0. The monoisotopic (exact) mass is 399 g/mol. The summed E-state index contributed by atoms with van der Waals surface area (Å²) in [7, 11) is 0. The summed E-state index contributed by atoms with van der Waals surface area (Å²) in [6.07, 6.45) is 7.18. The lowest BCUT2D eigenvalue weighted by Crippen LogP contribution is -2.36. The van der Waals surface area contributed by atoms with E-state index in [4.69, 9.17) is 15.6 Å². The molecule has 1 heterocycles. The molecule has 0 unspecified atom stereocenters. The van der Waals surface area contributed by atoms with E-state index >= 15 is 0 Å². The molecule has 28 heavy (non-hydrogen) atoms. The van der Waals surface area contributed by atoms with Gasteiger partial charge in [-0.25, -0.2) is 0 Å². The standard InChI is InChI=1S/C23H29NO3S/c1-7-14-24(17-19-9-8-15-26-19)16-18-10-12-20(13-11-18)28-23(5,6)21(25)27-22(2,3)4/h1,8-13,15H,14,16-17H2,2-6H3. The summed E-state index contributed by atoms with van der Waals surface area (Å²) in [5.41, 5.74) is 0.661. The zero-order chi connectivity index (χ0) is 20.8. The summed E-state index contributed by atoms with van der Waals surface area (Å²) < 4.78 is 10.3. The summed E-state index contributed by atoms with van der Waals surface area (Å²) in [6, 6.07) is 12.0. The summed E-state index contributed by atoms with van der Waals surface area (Å²) >= 11 is 1.50. The van der Waals surface area contributed by atoms with Crippen LogP contribution in [0.25, 0.3) is 0 Å². The van der Waals surface area contributed by atoms with Crippen LogP contribution in [0.1, 0.15) is 45.9 Å². The Balaban J connectivity index is 1.99. The van der Waals surface area contributed by atoms with Crippen molar-refractivity contribution < 1.29 is 13.9 Å². The van der Waals surface area contributed by atoms with Crippen LogP contribution in [0, 0.1) is 12.3 Å². The molecule has 0 aliphatic heterocycles. The van der Waals surface area contributed by atoms with Gasteiger partial charge < -0.3 is 9.15 Å². The van der Waals surface area contributed by atoms with Gasteiger partial charge in [-0.05, 0) is 64.4 Å². The first-order valence-corrected chi connectivity index (χ1v) is 10.1. The Labute approximate surface area is 172 Å². The van der Waals surface area contributed by atoms with Gasteiger partial charge in [0.05, 0.1) is 19.4 Å². The molecule has 0 aliphatic carbocycles. The van der Waals surface area contributed by atoms with Crippen molar-refractivity contribution in [1.29, 1.82) is 0 Å². The molecule has 0 saturated carbocycles. The number of hydrogen-bond donors (Lipinski definition) is 0. The van der Waals surface area contributed by atoms with E-state index in [0.29, 0.717) is 13.1 Å². The minimum atomic E-state index is -0.663. The lowest BCUT2D eigenvalue weighted by Gasteiger charge is -2.28. The fourth-order valence-corrected chi connectivity index (χ4v) is 3.56. The lowest BCUT2D eigenvalue weighted by atomic mass is 10.1. The molecule has 2 rings (SSSR count). The van der Waals surface area contributed by atoms with Crippen molar-refractivity contribution in [2.75, 3.05) is 6.54 Å². The largest absolute Gasteiger partial charge is 0.468 e. The first-order valence-electron chi connectivity index (χ1n) is 9.29. The predicted molar refractivity (Wildman–Crippen MR) is 114 cm³/mol. The van der Waals surface area contributed by atoms with Crippen LogP contribution in [0.15, 0.2) is 52.0 Å². The number of carbonyl (C=O) groups excluding carboxylic acids is 1. The lowest BCUT2D eigenvalue weighted by molar-refractivity contribution is -0.156. The van der Waals surface area contributed by atoms with Crippen molar-refractivity contribution in [2.45, 2.75) is 63.0 Å². The Bertz CT molecular complexity index is 796. The van der Waals surface area contributed by atoms with Gasteiger partial charge in [0, 0.05) is 11.4 Å². The summed E-state index contributed by atoms with van der Waals surface area (Å²) in [4.78, 5) is 15.6. The minimum Gasteiger partial charge on any atom is -0.468 e. The third-order valence-electron chi connectivity index (χ3n) is 3.87. The van der Waals surface area contributed by atoms with Gasteiger partial charge in [-0.2, -0.15) is 0 Å². The van der Waals surface area contributed by atoms with Gasteiger partial charge in [0.25, 0.3) is 0 Å². The Morgan fingerprint density at radius 2 is 1.82 bits per heavy atom. The summed E-state index contributed by atoms with van der Waals surface area (Å²) in [6.45, 7) is 11.4. The molecule has 0 radical (unpaired) electrons. The first kappa shape index (κ1) is 22.1. The Morgan fingerprint density at radius 3 is 2.36 bits per heavy atom. The van der Waals surface area contributed by atoms with Crippen LogP contribution < -0.4 is 0 Å². The highest BCUT2D eigenvalue weighted by atomic mass is 32.2. The average molecular weight is 400 g/mol. The van der Waals surface area contributed by atoms with E-state index in [1.165, 1.54) is 11.8 Å². The van der Waals surface area contributed by atoms with E-state index in [0.717, 1.165) is 22.8 Å². The second-order valence-electron chi connectivity index (χ2n) is 8.19. The van der Waals surface area contributed by atoms with Crippen LogP contribution in [-0.4, -0.2) is 27.8 Å². The number of carbonyl (C=O) groups is 1. The average Bonchev–Trinajstić information content (AvgIpc) is 3.08. The zero-order valence-electron chi connectivity index (χ0n) is 17.3. The summed E-state index contributed by atoms with van der Waals surface area (Å²) in [5, 5.41) is 0.